The summed E-state index contributed by atoms with van der Waals surface area (Å²) in [5.41, 5.74) is 15.9. The molecular weight excluding hydrogens is 639 g/mol. The maximum atomic E-state index is 2.59. The molecule has 1 heteroatoms. The third-order valence-corrected chi connectivity index (χ3v) is 12.2. The van der Waals surface area contributed by atoms with Gasteiger partial charge in [0.2, 0.25) is 0 Å². The van der Waals surface area contributed by atoms with E-state index in [1.54, 1.807) is 0 Å². The molecule has 0 heterocycles. The molecule has 0 N–H and O–H groups in total. The van der Waals surface area contributed by atoms with Crippen molar-refractivity contribution in [1.82, 2.24) is 0 Å². The Morgan fingerprint density at radius 3 is 2.00 bits per heavy atom. The van der Waals surface area contributed by atoms with Crippen LogP contribution in [-0.4, -0.2) is 0 Å². The van der Waals surface area contributed by atoms with E-state index in [2.05, 4.69) is 190 Å². The van der Waals surface area contributed by atoms with Crippen LogP contribution in [0, 0.1) is 0 Å². The molecule has 0 radical (unpaired) electrons. The Morgan fingerprint density at radius 2 is 1.19 bits per heavy atom. The predicted octanol–water partition coefficient (Wildman–Crippen LogP) is 14.7. The minimum Gasteiger partial charge on any atom is -0.310 e. The zero-order valence-electron chi connectivity index (χ0n) is 31.7. The summed E-state index contributed by atoms with van der Waals surface area (Å²) < 4.78 is 0. The van der Waals surface area contributed by atoms with Crippen LogP contribution >= 0.6 is 0 Å². The fraction of sp³-hybridized carbons (Fsp3) is 0.192. The summed E-state index contributed by atoms with van der Waals surface area (Å²) in [5.74, 6) is 0.342. The largest absolute Gasteiger partial charge is 0.310 e. The molecule has 0 bridgehead atoms. The first-order valence-corrected chi connectivity index (χ1v) is 19.4. The Morgan fingerprint density at radius 1 is 0.528 bits per heavy atom. The topological polar surface area (TPSA) is 3.24 Å². The van der Waals surface area contributed by atoms with Crippen molar-refractivity contribution in [3.8, 4) is 22.3 Å². The number of allylic oxidation sites excluding steroid dienone is 4. The fourth-order valence-corrected chi connectivity index (χ4v) is 9.57. The molecule has 3 aliphatic rings. The quantitative estimate of drug-likeness (QED) is 0.178. The third-order valence-electron chi connectivity index (χ3n) is 12.2. The lowest BCUT2D eigenvalue weighted by molar-refractivity contribution is 0.613. The number of anilines is 3. The highest BCUT2D eigenvalue weighted by atomic mass is 15.1. The van der Waals surface area contributed by atoms with E-state index in [9.17, 15) is 0 Å². The summed E-state index contributed by atoms with van der Waals surface area (Å²) in [6.45, 7) is 13.6. The molecule has 260 valence electrons. The van der Waals surface area contributed by atoms with Crippen LogP contribution in [0.15, 0.2) is 163 Å². The Balaban J connectivity index is 0.00000183. The molecule has 53 heavy (non-hydrogen) atoms. The normalized spacial score (nSPS) is 16.9. The first-order valence-electron chi connectivity index (χ1n) is 19.4. The second kappa shape index (κ2) is 12.5. The molecule has 1 atom stereocenters. The van der Waals surface area contributed by atoms with Gasteiger partial charge in [-0.3, -0.25) is 0 Å². The molecule has 0 saturated carbocycles. The summed E-state index contributed by atoms with van der Waals surface area (Å²) >= 11 is 0. The van der Waals surface area contributed by atoms with Crippen LogP contribution in [0.25, 0.3) is 43.8 Å². The number of hydrogen-bond donors (Lipinski definition) is 0. The second-order valence-electron chi connectivity index (χ2n) is 15.7. The van der Waals surface area contributed by atoms with E-state index in [0.717, 1.165) is 6.42 Å². The van der Waals surface area contributed by atoms with Crippen LogP contribution in [0.5, 0.6) is 0 Å². The number of fused-ring (bicyclic) bond motifs is 8. The maximum Gasteiger partial charge on any atom is 0.0581 e. The fourth-order valence-electron chi connectivity index (χ4n) is 9.57. The van der Waals surface area contributed by atoms with Crippen molar-refractivity contribution in [2.45, 2.75) is 64.7 Å². The van der Waals surface area contributed by atoms with E-state index in [1.165, 1.54) is 88.7 Å². The monoisotopic (exact) mass is 685 g/mol. The Hall–Kier alpha value is -5.66. The van der Waals surface area contributed by atoms with E-state index in [-0.39, 0.29) is 10.8 Å². The second-order valence-corrected chi connectivity index (χ2v) is 15.7. The van der Waals surface area contributed by atoms with Gasteiger partial charge < -0.3 is 4.90 Å². The first-order chi connectivity index (χ1) is 25.8. The number of hydrogen-bond acceptors (Lipinski definition) is 1. The van der Waals surface area contributed by atoms with Gasteiger partial charge in [0.25, 0.3) is 0 Å². The smallest absolute Gasteiger partial charge is 0.0581 e. The zero-order valence-corrected chi connectivity index (χ0v) is 31.7. The lowest BCUT2D eigenvalue weighted by Gasteiger charge is -2.32. The summed E-state index contributed by atoms with van der Waals surface area (Å²) in [5, 5.41) is 5.12. The average Bonchev–Trinajstić information content (AvgIpc) is 3.57. The van der Waals surface area contributed by atoms with Crippen LogP contribution in [0.1, 0.15) is 76.1 Å². The van der Waals surface area contributed by atoms with E-state index >= 15 is 0 Å². The molecule has 7 aromatic rings. The van der Waals surface area contributed by atoms with Crippen molar-refractivity contribution >= 4 is 38.6 Å². The molecule has 3 aliphatic carbocycles. The van der Waals surface area contributed by atoms with Crippen molar-refractivity contribution in [1.29, 1.82) is 0 Å². The molecule has 7 aromatic carbocycles. The standard InChI is InChI=1S/C50H41N.C2H6/c1-49(2)43-19-11-9-17-40(43)41-28-27-38(31-45(41)49)51(37-25-23-33(24-26-37)35-22-21-32-13-5-6-14-34(32)29-35)48-39-16-8-7-15-36(39)30-46-47(48)42-18-10-12-20-44(42)50(46,3)4;1-2/h5-17,19-31,42H,18H2,1-4H3;1-2H3. The van der Waals surface area contributed by atoms with Crippen molar-refractivity contribution in [3.63, 3.8) is 0 Å². The van der Waals surface area contributed by atoms with E-state index in [0.29, 0.717) is 5.92 Å². The Kier molecular flexibility index (Phi) is 7.82. The van der Waals surface area contributed by atoms with Crippen LogP contribution in [0.3, 0.4) is 0 Å². The van der Waals surface area contributed by atoms with Gasteiger partial charge in [-0.2, -0.15) is 0 Å². The van der Waals surface area contributed by atoms with E-state index in [1.807, 2.05) is 13.8 Å². The summed E-state index contributed by atoms with van der Waals surface area (Å²) in [7, 11) is 0. The number of rotatable bonds is 4. The summed E-state index contributed by atoms with van der Waals surface area (Å²) in [4.78, 5) is 2.59. The molecule has 0 fully saturated rings. The molecule has 10 rings (SSSR count). The minimum absolute atomic E-state index is 0.0588. The van der Waals surface area contributed by atoms with Gasteiger partial charge in [0.05, 0.1) is 5.69 Å². The van der Waals surface area contributed by atoms with Crippen LogP contribution in [-0.2, 0) is 10.8 Å². The van der Waals surface area contributed by atoms with Gasteiger partial charge in [0.15, 0.2) is 0 Å². The van der Waals surface area contributed by atoms with Gasteiger partial charge in [0.1, 0.15) is 0 Å². The van der Waals surface area contributed by atoms with E-state index < -0.39 is 0 Å². The van der Waals surface area contributed by atoms with Gasteiger partial charge in [-0.15, -0.1) is 0 Å². The number of nitrogens with zero attached hydrogens (tertiary/aromatic N) is 1. The molecule has 0 spiro atoms. The summed E-state index contributed by atoms with van der Waals surface area (Å²) in [6.07, 6.45) is 8.04. The predicted molar refractivity (Wildman–Crippen MR) is 228 cm³/mol. The summed E-state index contributed by atoms with van der Waals surface area (Å²) in [6, 6.07) is 52.4. The Labute approximate surface area is 315 Å². The lowest BCUT2D eigenvalue weighted by atomic mass is 9.79. The van der Waals surface area contributed by atoms with Gasteiger partial charge in [0, 0.05) is 33.5 Å². The highest BCUT2D eigenvalue weighted by molar-refractivity contribution is 6.03. The van der Waals surface area contributed by atoms with Crippen LogP contribution < -0.4 is 4.90 Å². The third kappa shape index (κ3) is 5.05. The van der Waals surface area contributed by atoms with Crippen molar-refractivity contribution in [2.75, 3.05) is 4.90 Å². The SMILES string of the molecule is CC.CC1(C)C2=CC=CCC2c2c1cc1ccccc1c2N(c1ccc(-c2ccc3ccccc3c2)cc1)c1ccc2c(c1)C(C)(C)c1ccccc1-2. The van der Waals surface area contributed by atoms with Crippen molar-refractivity contribution < 1.29 is 0 Å². The maximum absolute atomic E-state index is 2.59. The molecule has 1 nitrogen and oxygen atoms in total. The van der Waals surface area contributed by atoms with E-state index in [4.69, 9.17) is 0 Å². The molecule has 0 aliphatic heterocycles. The lowest BCUT2D eigenvalue weighted by Crippen LogP contribution is -2.18. The molecular formula is C52H47N. The van der Waals surface area contributed by atoms with Crippen LogP contribution in [0.2, 0.25) is 0 Å². The van der Waals surface area contributed by atoms with Crippen molar-refractivity contribution in [3.05, 3.63) is 186 Å². The van der Waals surface area contributed by atoms with Crippen LogP contribution in [0.4, 0.5) is 17.1 Å². The van der Waals surface area contributed by atoms with Gasteiger partial charge in [-0.05, 0) is 103 Å². The zero-order chi connectivity index (χ0) is 36.5. The highest BCUT2D eigenvalue weighted by Gasteiger charge is 2.45. The van der Waals surface area contributed by atoms with Gasteiger partial charge in [-0.1, -0.05) is 168 Å². The molecule has 0 aromatic heterocycles. The highest BCUT2D eigenvalue weighted by Crippen LogP contribution is 2.59. The van der Waals surface area contributed by atoms with Gasteiger partial charge in [-0.25, -0.2) is 0 Å². The molecule has 0 amide bonds. The first kappa shape index (κ1) is 33.2. The molecule has 1 unspecified atom stereocenters. The average molecular weight is 686 g/mol. The van der Waals surface area contributed by atoms with Gasteiger partial charge >= 0.3 is 0 Å². The minimum atomic E-state index is -0.0969. The Bertz CT molecular complexity index is 2610. The number of benzene rings is 7. The molecule has 0 saturated heterocycles. The van der Waals surface area contributed by atoms with Crippen molar-refractivity contribution in [2.24, 2.45) is 0 Å².